The molecule has 3 atom stereocenters. The summed E-state index contributed by atoms with van der Waals surface area (Å²) in [5.74, 6) is -0.928. The van der Waals surface area contributed by atoms with Gasteiger partial charge in [0.2, 0.25) is 0 Å². The summed E-state index contributed by atoms with van der Waals surface area (Å²) in [6, 6.07) is 25.2. The third-order valence-electron chi connectivity index (χ3n) is 6.69. The fourth-order valence-electron chi connectivity index (χ4n) is 4.88. The van der Waals surface area contributed by atoms with Crippen molar-refractivity contribution < 1.29 is 19.1 Å². The van der Waals surface area contributed by atoms with Gasteiger partial charge >= 0.3 is 5.97 Å². The van der Waals surface area contributed by atoms with Crippen LogP contribution in [0.2, 0.25) is 0 Å². The summed E-state index contributed by atoms with van der Waals surface area (Å²) in [4.78, 5) is 26.2. The van der Waals surface area contributed by atoms with Crippen molar-refractivity contribution in [3.05, 3.63) is 101 Å². The Labute approximate surface area is 205 Å². The van der Waals surface area contributed by atoms with Crippen LogP contribution in [0.5, 0.6) is 5.75 Å². The second-order valence-electron chi connectivity index (χ2n) is 9.03. The van der Waals surface area contributed by atoms with Crippen LogP contribution in [0, 0.1) is 11.8 Å². The number of carbonyl (C=O) groups excluding carboxylic acids is 2. The normalized spacial score (nSPS) is 21.1. The minimum atomic E-state index is -0.820. The number of carbonyl (C=O) groups is 2. The third kappa shape index (κ3) is 4.52. The lowest BCUT2D eigenvalue weighted by Gasteiger charge is -2.32. The van der Waals surface area contributed by atoms with E-state index in [0.29, 0.717) is 18.6 Å². The summed E-state index contributed by atoms with van der Waals surface area (Å²) in [7, 11) is 1.33. The molecular formula is C29H28N2O4. The van der Waals surface area contributed by atoms with Crippen LogP contribution in [0.1, 0.15) is 30.5 Å². The van der Waals surface area contributed by atoms with Gasteiger partial charge in [-0.1, -0.05) is 61.5 Å². The lowest BCUT2D eigenvalue weighted by atomic mass is 9.75. The van der Waals surface area contributed by atoms with Crippen LogP contribution in [0.15, 0.2) is 90.1 Å². The average Bonchev–Trinajstić information content (AvgIpc) is 3.05. The number of Topliss-reactive ketones (excluding diaryl/α,β-unsaturated/α-hetero) is 1. The Morgan fingerprint density at radius 2 is 1.63 bits per heavy atom. The molecule has 6 nitrogen and oxygen atoms in total. The SMILES string of the molecule is COC(=O)[C@@H]1C(=O)C2=C(C[C@@H]1C)Nc1ccccc1N[C@H]2c1ccc(OCc2ccccc2)cc1. The van der Waals surface area contributed by atoms with Gasteiger partial charge < -0.3 is 20.1 Å². The van der Waals surface area contributed by atoms with Gasteiger partial charge in [-0.25, -0.2) is 0 Å². The van der Waals surface area contributed by atoms with E-state index >= 15 is 0 Å². The summed E-state index contributed by atoms with van der Waals surface area (Å²) in [5, 5.41) is 7.01. The van der Waals surface area contributed by atoms with Gasteiger partial charge in [0.25, 0.3) is 0 Å². The first kappa shape index (κ1) is 22.7. The van der Waals surface area contributed by atoms with Crippen LogP contribution >= 0.6 is 0 Å². The highest BCUT2D eigenvalue weighted by Gasteiger charge is 2.44. The zero-order valence-corrected chi connectivity index (χ0v) is 19.8. The molecule has 0 spiro atoms. The van der Waals surface area contributed by atoms with Crippen molar-refractivity contribution in [1.82, 2.24) is 0 Å². The predicted octanol–water partition coefficient (Wildman–Crippen LogP) is 5.50. The van der Waals surface area contributed by atoms with Gasteiger partial charge in [0, 0.05) is 11.3 Å². The van der Waals surface area contributed by atoms with Crippen LogP contribution in [-0.4, -0.2) is 18.9 Å². The van der Waals surface area contributed by atoms with E-state index in [-0.39, 0.29) is 11.7 Å². The molecule has 0 fully saturated rings. The molecule has 5 rings (SSSR count). The molecule has 6 heteroatoms. The van der Waals surface area contributed by atoms with Crippen molar-refractivity contribution in [3.63, 3.8) is 0 Å². The quantitative estimate of drug-likeness (QED) is 0.381. The van der Waals surface area contributed by atoms with Crippen LogP contribution in [0.3, 0.4) is 0 Å². The van der Waals surface area contributed by atoms with E-state index < -0.39 is 17.9 Å². The molecule has 3 aromatic carbocycles. The Kier molecular flexibility index (Phi) is 6.27. The Bertz CT molecular complexity index is 1270. The molecule has 0 saturated heterocycles. The van der Waals surface area contributed by atoms with Gasteiger partial charge in [-0.05, 0) is 47.7 Å². The van der Waals surface area contributed by atoms with Crippen LogP contribution in [-0.2, 0) is 20.9 Å². The molecule has 3 aromatic rings. The Morgan fingerprint density at radius 3 is 2.34 bits per heavy atom. The summed E-state index contributed by atoms with van der Waals surface area (Å²) in [6.07, 6.45) is 0.575. The molecule has 1 aliphatic carbocycles. The van der Waals surface area contributed by atoms with Gasteiger partial charge in [-0.15, -0.1) is 0 Å². The third-order valence-corrected chi connectivity index (χ3v) is 6.69. The highest BCUT2D eigenvalue weighted by Crippen LogP contribution is 2.43. The van der Waals surface area contributed by atoms with Crippen molar-refractivity contribution in [3.8, 4) is 5.75 Å². The predicted molar refractivity (Wildman–Crippen MR) is 135 cm³/mol. The van der Waals surface area contributed by atoms with E-state index in [1.165, 1.54) is 7.11 Å². The molecule has 0 radical (unpaired) electrons. The number of anilines is 2. The van der Waals surface area contributed by atoms with E-state index in [9.17, 15) is 9.59 Å². The molecular weight excluding hydrogens is 440 g/mol. The number of benzene rings is 3. The number of esters is 1. The molecule has 2 N–H and O–H groups in total. The minimum absolute atomic E-state index is 0.166. The first-order chi connectivity index (χ1) is 17.0. The second kappa shape index (κ2) is 9.66. The zero-order chi connectivity index (χ0) is 24.4. The van der Waals surface area contributed by atoms with Gasteiger partial charge in [-0.2, -0.15) is 0 Å². The highest BCUT2D eigenvalue weighted by atomic mass is 16.5. The number of hydrogen-bond acceptors (Lipinski definition) is 6. The van der Waals surface area contributed by atoms with E-state index in [1.54, 1.807) is 0 Å². The highest BCUT2D eigenvalue weighted by molar-refractivity contribution is 6.11. The van der Waals surface area contributed by atoms with Crippen molar-refractivity contribution in [2.24, 2.45) is 11.8 Å². The number of hydrogen-bond donors (Lipinski definition) is 2. The minimum Gasteiger partial charge on any atom is -0.489 e. The summed E-state index contributed by atoms with van der Waals surface area (Å²) >= 11 is 0. The molecule has 0 amide bonds. The molecule has 0 saturated carbocycles. The molecule has 0 bridgehead atoms. The topological polar surface area (TPSA) is 76.7 Å². The summed E-state index contributed by atoms with van der Waals surface area (Å²) in [5.41, 5.74) is 5.22. The molecule has 35 heavy (non-hydrogen) atoms. The molecule has 2 aliphatic rings. The fraction of sp³-hybridized carbons (Fsp3) is 0.241. The average molecular weight is 469 g/mol. The Balaban J connectivity index is 1.48. The molecule has 0 unspecified atom stereocenters. The smallest absolute Gasteiger partial charge is 0.316 e. The Morgan fingerprint density at radius 1 is 0.943 bits per heavy atom. The zero-order valence-electron chi connectivity index (χ0n) is 19.8. The van der Waals surface area contributed by atoms with Crippen LogP contribution in [0.25, 0.3) is 0 Å². The van der Waals surface area contributed by atoms with Crippen molar-refractivity contribution >= 4 is 23.1 Å². The molecule has 1 heterocycles. The maximum Gasteiger partial charge on any atom is 0.316 e. The maximum atomic E-state index is 13.7. The molecule has 1 aliphatic heterocycles. The number of ketones is 1. The van der Waals surface area contributed by atoms with Gasteiger partial charge in [0.15, 0.2) is 5.78 Å². The van der Waals surface area contributed by atoms with E-state index in [0.717, 1.165) is 33.9 Å². The van der Waals surface area contributed by atoms with Crippen LogP contribution < -0.4 is 15.4 Å². The number of ether oxygens (including phenoxy) is 2. The van der Waals surface area contributed by atoms with Gasteiger partial charge in [0.05, 0.1) is 24.5 Å². The maximum absolute atomic E-state index is 13.7. The van der Waals surface area contributed by atoms with Crippen molar-refractivity contribution in [2.75, 3.05) is 17.7 Å². The lowest BCUT2D eigenvalue weighted by molar-refractivity contribution is -0.151. The summed E-state index contributed by atoms with van der Waals surface area (Å²) in [6.45, 7) is 2.40. The second-order valence-corrected chi connectivity index (χ2v) is 9.03. The standard InChI is InChI=1S/C29H28N2O4/c1-18-16-24-26(28(32)25(18)29(33)34-2)27(31-23-11-7-6-10-22(23)30-24)20-12-14-21(15-13-20)35-17-19-8-4-3-5-9-19/h3-15,18,25,27,30-31H,16-17H2,1-2H3/t18-,25-,27-/m0/s1. The van der Waals surface area contributed by atoms with E-state index in [1.807, 2.05) is 85.8 Å². The monoisotopic (exact) mass is 468 g/mol. The number of para-hydroxylation sites is 2. The molecule has 0 aromatic heterocycles. The first-order valence-electron chi connectivity index (χ1n) is 11.8. The Hall–Kier alpha value is -4.06. The van der Waals surface area contributed by atoms with Crippen molar-refractivity contribution in [1.29, 1.82) is 0 Å². The number of allylic oxidation sites excluding steroid dienone is 1. The van der Waals surface area contributed by atoms with Gasteiger partial charge in [0.1, 0.15) is 18.3 Å². The molecule has 178 valence electrons. The van der Waals surface area contributed by atoms with Crippen LogP contribution in [0.4, 0.5) is 11.4 Å². The number of methoxy groups -OCH3 is 1. The number of rotatable bonds is 5. The van der Waals surface area contributed by atoms with E-state index in [4.69, 9.17) is 9.47 Å². The fourth-order valence-corrected chi connectivity index (χ4v) is 4.88. The number of fused-ring (bicyclic) bond motifs is 1. The van der Waals surface area contributed by atoms with E-state index in [2.05, 4.69) is 10.6 Å². The van der Waals surface area contributed by atoms with Gasteiger partial charge in [-0.3, -0.25) is 9.59 Å². The van der Waals surface area contributed by atoms with Crippen molar-refractivity contribution in [2.45, 2.75) is 26.0 Å². The lowest BCUT2D eigenvalue weighted by Crippen LogP contribution is -2.39. The first-order valence-corrected chi connectivity index (χ1v) is 11.8. The summed E-state index contributed by atoms with van der Waals surface area (Å²) < 4.78 is 10.9. The largest absolute Gasteiger partial charge is 0.489 e. The number of nitrogens with one attached hydrogen (secondary N) is 2.